The number of anilines is 1. The van der Waals surface area contributed by atoms with Gasteiger partial charge in [0.15, 0.2) is 0 Å². The van der Waals surface area contributed by atoms with Crippen LogP contribution in [0.15, 0.2) is 58.1 Å². The van der Waals surface area contributed by atoms with Gasteiger partial charge in [-0.15, -0.1) is 11.3 Å². The monoisotopic (exact) mass is 350 g/mol. The number of nitrogens with one attached hydrogen (secondary N) is 1. The number of furan rings is 1. The molecule has 126 valence electrons. The number of hydrogen-bond donors (Lipinski definition) is 1. The highest BCUT2D eigenvalue weighted by Crippen LogP contribution is 2.40. The van der Waals surface area contributed by atoms with Gasteiger partial charge in [0.25, 0.3) is 5.91 Å². The molecule has 2 aromatic heterocycles. The van der Waals surface area contributed by atoms with Crippen molar-refractivity contribution in [2.75, 3.05) is 5.32 Å². The van der Waals surface area contributed by atoms with Crippen LogP contribution in [0.25, 0.3) is 0 Å². The Bertz CT molecular complexity index is 895. The molecule has 5 heteroatoms. The first-order chi connectivity index (χ1) is 12.3. The number of benzene rings is 1. The van der Waals surface area contributed by atoms with Gasteiger partial charge in [-0.1, -0.05) is 18.2 Å². The molecule has 0 atom stereocenters. The van der Waals surface area contributed by atoms with Gasteiger partial charge in [-0.05, 0) is 55.5 Å². The van der Waals surface area contributed by atoms with Crippen LogP contribution in [0, 0.1) is 0 Å². The Labute approximate surface area is 150 Å². The van der Waals surface area contributed by atoms with Gasteiger partial charge in [0.05, 0.1) is 18.0 Å². The molecule has 0 saturated carbocycles. The lowest BCUT2D eigenvalue weighted by Gasteiger charge is -2.12. The summed E-state index contributed by atoms with van der Waals surface area (Å²) >= 11 is 1.62. The van der Waals surface area contributed by atoms with Crippen LogP contribution in [0.4, 0.5) is 10.7 Å². The van der Waals surface area contributed by atoms with E-state index in [1.165, 1.54) is 11.3 Å². The maximum atomic E-state index is 12.9. The highest BCUT2D eigenvalue weighted by atomic mass is 32.1. The van der Waals surface area contributed by atoms with Gasteiger partial charge in [-0.25, -0.2) is 4.99 Å². The van der Waals surface area contributed by atoms with Gasteiger partial charge in [-0.3, -0.25) is 4.79 Å². The van der Waals surface area contributed by atoms with E-state index in [1.54, 1.807) is 23.8 Å². The molecule has 3 aromatic rings. The molecule has 25 heavy (non-hydrogen) atoms. The summed E-state index contributed by atoms with van der Waals surface area (Å²) in [5, 5.41) is 3.76. The first-order valence-electron chi connectivity index (χ1n) is 8.40. The zero-order valence-corrected chi connectivity index (χ0v) is 14.5. The summed E-state index contributed by atoms with van der Waals surface area (Å²) < 4.78 is 5.31. The van der Waals surface area contributed by atoms with Crippen LogP contribution in [-0.4, -0.2) is 12.1 Å². The Hall–Kier alpha value is -2.66. The predicted octanol–water partition coefficient (Wildman–Crippen LogP) is 5.22. The number of carbonyl (C=O) groups excluding carboxylic acids is 1. The highest BCUT2D eigenvalue weighted by molar-refractivity contribution is 7.16. The number of aryl methyl sites for hydroxylation is 1. The summed E-state index contributed by atoms with van der Waals surface area (Å²) in [6.45, 7) is 0. The molecule has 2 heterocycles. The number of carbonyl (C=O) groups is 1. The smallest absolute Gasteiger partial charge is 0.259 e. The van der Waals surface area contributed by atoms with E-state index in [1.807, 2.05) is 42.5 Å². The third kappa shape index (κ3) is 3.42. The minimum absolute atomic E-state index is 0.0859. The van der Waals surface area contributed by atoms with E-state index in [2.05, 4.69) is 10.3 Å². The third-order valence-corrected chi connectivity index (χ3v) is 5.46. The van der Waals surface area contributed by atoms with Crippen molar-refractivity contribution in [2.24, 2.45) is 4.99 Å². The summed E-state index contributed by atoms with van der Waals surface area (Å²) in [6, 6.07) is 13.2. The predicted molar refractivity (Wildman–Crippen MR) is 101 cm³/mol. The first-order valence-corrected chi connectivity index (χ1v) is 9.21. The normalized spacial score (nSPS) is 13.8. The number of nitrogens with zero attached hydrogens (tertiary/aromatic N) is 1. The van der Waals surface area contributed by atoms with Crippen molar-refractivity contribution >= 4 is 34.1 Å². The molecule has 1 N–H and O–H groups in total. The van der Waals surface area contributed by atoms with E-state index < -0.39 is 0 Å². The Balaban J connectivity index is 1.69. The SMILES string of the molecule is O=C(Nc1ccccc1)c1c(/N=C\c2ccco2)sc2c1CCCC2. The molecule has 1 aliphatic carbocycles. The second-order valence-corrected chi connectivity index (χ2v) is 7.07. The minimum Gasteiger partial charge on any atom is -0.463 e. The van der Waals surface area contributed by atoms with Crippen LogP contribution in [0.2, 0.25) is 0 Å². The second-order valence-electron chi connectivity index (χ2n) is 5.98. The average molecular weight is 350 g/mol. The fraction of sp³-hybridized carbons (Fsp3) is 0.200. The lowest BCUT2D eigenvalue weighted by atomic mass is 9.95. The Kier molecular flexibility index (Phi) is 4.48. The summed E-state index contributed by atoms with van der Waals surface area (Å²) in [6.07, 6.45) is 7.56. The molecule has 4 rings (SSSR count). The first kappa shape index (κ1) is 15.8. The van der Waals surface area contributed by atoms with Gasteiger partial charge in [0.1, 0.15) is 10.8 Å². The largest absolute Gasteiger partial charge is 0.463 e. The Morgan fingerprint density at radius 1 is 1.12 bits per heavy atom. The fourth-order valence-corrected chi connectivity index (χ4v) is 4.31. The quantitative estimate of drug-likeness (QED) is 0.656. The number of amides is 1. The maximum Gasteiger partial charge on any atom is 0.259 e. The summed E-state index contributed by atoms with van der Waals surface area (Å²) in [5.41, 5.74) is 2.67. The molecule has 0 spiro atoms. The average Bonchev–Trinajstić information content (AvgIpc) is 3.28. The lowest BCUT2D eigenvalue weighted by molar-refractivity contribution is 0.102. The van der Waals surface area contributed by atoms with Gasteiger partial charge in [0, 0.05) is 10.6 Å². The van der Waals surface area contributed by atoms with E-state index in [-0.39, 0.29) is 5.91 Å². The number of para-hydroxylation sites is 1. The van der Waals surface area contributed by atoms with Crippen molar-refractivity contribution in [1.29, 1.82) is 0 Å². The van der Waals surface area contributed by atoms with Gasteiger partial charge in [0.2, 0.25) is 0 Å². The van der Waals surface area contributed by atoms with Crippen LogP contribution in [0.1, 0.15) is 39.4 Å². The van der Waals surface area contributed by atoms with Crippen LogP contribution < -0.4 is 5.32 Å². The summed E-state index contributed by atoms with van der Waals surface area (Å²) in [4.78, 5) is 18.8. The maximum absolute atomic E-state index is 12.9. The van der Waals surface area contributed by atoms with Crippen LogP contribution in [0.3, 0.4) is 0 Å². The molecule has 0 unspecified atom stereocenters. The zero-order chi connectivity index (χ0) is 17.1. The number of thiophene rings is 1. The van der Waals surface area contributed by atoms with Crippen molar-refractivity contribution in [3.05, 3.63) is 70.5 Å². The number of fused-ring (bicyclic) bond motifs is 1. The Morgan fingerprint density at radius 2 is 1.96 bits per heavy atom. The van der Waals surface area contributed by atoms with Gasteiger partial charge in [-0.2, -0.15) is 0 Å². The summed E-state index contributed by atoms with van der Waals surface area (Å²) in [7, 11) is 0. The van der Waals surface area contributed by atoms with Crippen molar-refractivity contribution in [3.8, 4) is 0 Å². The topological polar surface area (TPSA) is 54.6 Å². The third-order valence-electron chi connectivity index (χ3n) is 4.26. The molecule has 4 nitrogen and oxygen atoms in total. The van der Waals surface area contributed by atoms with E-state index in [0.29, 0.717) is 11.3 Å². The number of aliphatic imine (C=N–C) groups is 1. The molecule has 0 radical (unpaired) electrons. The highest BCUT2D eigenvalue weighted by Gasteiger charge is 2.25. The van der Waals surface area contributed by atoms with Crippen LogP contribution in [0.5, 0.6) is 0 Å². The van der Waals surface area contributed by atoms with E-state index in [9.17, 15) is 4.79 Å². The molecular formula is C20H18N2O2S. The van der Waals surface area contributed by atoms with Crippen molar-refractivity contribution < 1.29 is 9.21 Å². The fourth-order valence-electron chi connectivity index (χ4n) is 3.08. The van der Waals surface area contributed by atoms with Crippen LogP contribution >= 0.6 is 11.3 Å². The number of hydrogen-bond acceptors (Lipinski definition) is 4. The molecule has 1 amide bonds. The molecular weight excluding hydrogens is 332 g/mol. The van der Waals surface area contributed by atoms with Crippen molar-refractivity contribution in [1.82, 2.24) is 0 Å². The number of rotatable bonds is 4. The molecule has 0 saturated heterocycles. The minimum atomic E-state index is -0.0859. The van der Waals surface area contributed by atoms with Crippen molar-refractivity contribution in [3.63, 3.8) is 0 Å². The molecule has 0 fully saturated rings. The van der Waals surface area contributed by atoms with Crippen LogP contribution in [-0.2, 0) is 12.8 Å². The van der Waals surface area contributed by atoms with E-state index in [4.69, 9.17) is 4.42 Å². The standard InChI is InChI=1S/C20H18N2O2S/c23-19(22-14-7-2-1-3-8-14)18-16-10-4-5-11-17(16)25-20(18)21-13-15-9-6-12-24-15/h1-3,6-9,12-13H,4-5,10-11H2,(H,22,23)/b21-13-. The molecule has 0 bridgehead atoms. The Morgan fingerprint density at radius 3 is 2.76 bits per heavy atom. The summed E-state index contributed by atoms with van der Waals surface area (Å²) in [5.74, 6) is 0.595. The van der Waals surface area contributed by atoms with E-state index >= 15 is 0 Å². The molecule has 1 aromatic carbocycles. The second kappa shape index (κ2) is 7.07. The van der Waals surface area contributed by atoms with E-state index in [0.717, 1.165) is 35.5 Å². The van der Waals surface area contributed by atoms with Gasteiger partial charge >= 0.3 is 0 Å². The molecule has 1 aliphatic rings. The van der Waals surface area contributed by atoms with Gasteiger partial charge < -0.3 is 9.73 Å². The lowest BCUT2D eigenvalue weighted by Crippen LogP contribution is -2.14. The van der Waals surface area contributed by atoms with Crippen molar-refractivity contribution in [2.45, 2.75) is 25.7 Å². The zero-order valence-electron chi connectivity index (χ0n) is 13.7. The molecule has 0 aliphatic heterocycles.